The number of fused-ring (bicyclic) bond motifs is 1. The second-order valence-electron chi connectivity index (χ2n) is 6.97. The molecule has 0 atom stereocenters. The van der Waals surface area contributed by atoms with E-state index in [2.05, 4.69) is 84.1 Å². The van der Waals surface area contributed by atoms with E-state index in [-0.39, 0.29) is 29.5 Å². The third-order valence-corrected chi connectivity index (χ3v) is 3.74. The number of hydrogen-bond acceptors (Lipinski definition) is 2. The van der Waals surface area contributed by atoms with Gasteiger partial charge in [-0.15, -0.1) is 24.0 Å². The first-order valence-corrected chi connectivity index (χ1v) is 8.82. The van der Waals surface area contributed by atoms with Crippen LogP contribution >= 0.6 is 24.0 Å². The smallest absolute Gasteiger partial charge is 0.191 e. The summed E-state index contributed by atoms with van der Waals surface area (Å²) in [7, 11) is 0. The molecule has 2 aromatic rings. The van der Waals surface area contributed by atoms with Gasteiger partial charge in [0.2, 0.25) is 0 Å². The van der Waals surface area contributed by atoms with E-state index >= 15 is 0 Å². The molecule has 25 heavy (non-hydrogen) atoms. The van der Waals surface area contributed by atoms with Crippen LogP contribution in [0.25, 0.3) is 10.9 Å². The van der Waals surface area contributed by atoms with Gasteiger partial charge in [-0.3, -0.25) is 4.99 Å². The molecule has 4 N–H and O–H groups in total. The SMILES string of the molecule is CCNC(=NCCNC(C)(C)C)NCCc1c[nH]c2ccccc12.I. The lowest BCUT2D eigenvalue weighted by Gasteiger charge is -2.20. The lowest BCUT2D eigenvalue weighted by atomic mass is 10.1. The van der Waals surface area contributed by atoms with Gasteiger partial charge in [-0.2, -0.15) is 0 Å². The van der Waals surface area contributed by atoms with E-state index in [4.69, 9.17) is 0 Å². The third-order valence-electron chi connectivity index (χ3n) is 3.74. The maximum absolute atomic E-state index is 4.62. The molecule has 0 radical (unpaired) electrons. The number of aromatic amines is 1. The van der Waals surface area contributed by atoms with Gasteiger partial charge in [0.15, 0.2) is 5.96 Å². The van der Waals surface area contributed by atoms with E-state index in [1.807, 2.05) is 0 Å². The zero-order valence-electron chi connectivity index (χ0n) is 15.8. The number of rotatable bonds is 7. The molecule has 6 heteroatoms. The van der Waals surface area contributed by atoms with Crippen LogP contribution in [0.5, 0.6) is 0 Å². The van der Waals surface area contributed by atoms with Crippen molar-refractivity contribution < 1.29 is 0 Å². The fourth-order valence-electron chi connectivity index (χ4n) is 2.59. The fourth-order valence-corrected chi connectivity index (χ4v) is 2.59. The Morgan fingerprint density at radius 3 is 2.60 bits per heavy atom. The number of nitrogens with zero attached hydrogens (tertiary/aromatic N) is 1. The van der Waals surface area contributed by atoms with Crippen LogP contribution in [-0.4, -0.2) is 42.7 Å². The predicted molar refractivity (Wildman–Crippen MR) is 119 cm³/mol. The van der Waals surface area contributed by atoms with Crippen molar-refractivity contribution in [1.82, 2.24) is 20.9 Å². The minimum atomic E-state index is 0. The number of nitrogens with one attached hydrogen (secondary N) is 4. The molecule has 0 saturated heterocycles. The number of para-hydroxylation sites is 1. The molecular weight excluding hydrogens is 425 g/mol. The Morgan fingerprint density at radius 1 is 1.12 bits per heavy atom. The van der Waals surface area contributed by atoms with Crippen molar-refractivity contribution in [3.8, 4) is 0 Å². The Labute approximate surface area is 168 Å². The third kappa shape index (κ3) is 7.64. The largest absolute Gasteiger partial charge is 0.361 e. The van der Waals surface area contributed by atoms with Crippen molar-refractivity contribution >= 4 is 40.8 Å². The Balaban J connectivity index is 0.00000312. The number of aromatic nitrogens is 1. The standard InChI is InChI=1S/C19H31N5.HI/c1-5-20-18(22-12-13-24-19(2,3)4)21-11-10-15-14-23-17-9-7-6-8-16(15)17;/h6-9,14,23-24H,5,10-13H2,1-4H3,(H2,20,21,22);1H. The molecule has 0 aliphatic rings. The summed E-state index contributed by atoms with van der Waals surface area (Å²) in [6, 6.07) is 8.42. The minimum Gasteiger partial charge on any atom is -0.361 e. The number of benzene rings is 1. The van der Waals surface area contributed by atoms with Crippen LogP contribution in [0.15, 0.2) is 35.5 Å². The first-order chi connectivity index (χ1) is 11.5. The zero-order chi connectivity index (χ0) is 17.4. The van der Waals surface area contributed by atoms with Gasteiger partial charge >= 0.3 is 0 Å². The van der Waals surface area contributed by atoms with Gasteiger partial charge in [0.05, 0.1) is 6.54 Å². The van der Waals surface area contributed by atoms with Crippen molar-refractivity contribution in [3.05, 3.63) is 36.0 Å². The second kappa shape index (κ2) is 10.7. The normalized spacial score (nSPS) is 12.1. The lowest BCUT2D eigenvalue weighted by molar-refractivity contribution is 0.432. The van der Waals surface area contributed by atoms with Crippen LogP contribution in [0.1, 0.15) is 33.3 Å². The molecule has 2 rings (SSSR count). The van der Waals surface area contributed by atoms with Crippen LogP contribution < -0.4 is 16.0 Å². The van der Waals surface area contributed by atoms with E-state index in [1.165, 1.54) is 16.5 Å². The summed E-state index contributed by atoms with van der Waals surface area (Å²) in [5, 5.41) is 11.5. The van der Waals surface area contributed by atoms with Crippen LogP contribution in [0, 0.1) is 0 Å². The average Bonchev–Trinajstić information content (AvgIpc) is 2.94. The molecule has 140 valence electrons. The maximum Gasteiger partial charge on any atom is 0.191 e. The summed E-state index contributed by atoms with van der Waals surface area (Å²) < 4.78 is 0. The highest BCUT2D eigenvalue weighted by Crippen LogP contribution is 2.17. The summed E-state index contributed by atoms with van der Waals surface area (Å²) in [4.78, 5) is 7.95. The molecule has 0 bridgehead atoms. The molecule has 5 nitrogen and oxygen atoms in total. The molecule has 1 aromatic carbocycles. The van der Waals surface area contributed by atoms with Crippen molar-refractivity contribution in [3.63, 3.8) is 0 Å². The van der Waals surface area contributed by atoms with Gasteiger partial charge in [-0.05, 0) is 45.7 Å². The first kappa shape index (κ1) is 21.8. The highest BCUT2D eigenvalue weighted by atomic mass is 127. The van der Waals surface area contributed by atoms with Crippen molar-refractivity contribution in [2.24, 2.45) is 4.99 Å². The van der Waals surface area contributed by atoms with Crippen molar-refractivity contribution in [1.29, 1.82) is 0 Å². The highest BCUT2D eigenvalue weighted by Gasteiger charge is 2.07. The van der Waals surface area contributed by atoms with E-state index < -0.39 is 0 Å². The molecule has 1 heterocycles. The van der Waals surface area contributed by atoms with Crippen LogP contribution in [0.4, 0.5) is 0 Å². The van der Waals surface area contributed by atoms with Gasteiger partial charge in [0, 0.05) is 42.3 Å². The second-order valence-corrected chi connectivity index (χ2v) is 6.97. The quantitative estimate of drug-likeness (QED) is 0.223. The average molecular weight is 457 g/mol. The topological polar surface area (TPSA) is 64.2 Å². The molecule has 0 unspecified atom stereocenters. The molecule has 0 amide bonds. The van der Waals surface area contributed by atoms with Crippen LogP contribution in [0.3, 0.4) is 0 Å². The predicted octanol–water partition coefficient (Wildman–Crippen LogP) is 3.27. The zero-order valence-corrected chi connectivity index (χ0v) is 18.1. The van der Waals surface area contributed by atoms with Gasteiger partial charge < -0.3 is 20.9 Å². The summed E-state index contributed by atoms with van der Waals surface area (Å²) in [5.74, 6) is 0.882. The number of H-pyrrole nitrogens is 1. The summed E-state index contributed by atoms with van der Waals surface area (Å²) in [6.45, 7) is 12.0. The highest BCUT2D eigenvalue weighted by molar-refractivity contribution is 14.0. The molecule has 1 aromatic heterocycles. The van der Waals surface area contributed by atoms with E-state index in [1.54, 1.807) is 0 Å². The lowest BCUT2D eigenvalue weighted by Crippen LogP contribution is -2.40. The van der Waals surface area contributed by atoms with Crippen molar-refractivity contribution in [2.45, 2.75) is 39.7 Å². The van der Waals surface area contributed by atoms with E-state index in [9.17, 15) is 0 Å². The Kier molecular flexibility index (Phi) is 9.27. The van der Waals surface area contributed by atoms with E-state index in [0.29, 0.717) is 0 Å². The Morgan fingerprint density at radius 2 is 1.88 bits per heavy atom. The monoisotopic (exact) mass is 457 g/mol. The van der Waals surface area contributed by atoms with Gasteiger partial charge in [-0.1, -0.05) is 18.2 Å². The molecule has 0 fully saturated rings. The van der Waals surface area contributed by atoms with Crippen molar-refractivity contribution in [2.75, 3.05) is 26.2 Å². The van der Waals surface area contributed by atoms with Gasteiger partial charge in [-0.25, -0.2) is 0 Å². The number of aliphatic imine (C=N–C) groups is 1. The number of halogens is 1. The summed E-state index contributed by atoms with van der Waals surface area (Å²) in [6.07, 6.45) is 3.07. The summed E-state index contributed by atoms with van der Waals surface area (Å²) >= 11 is 0. The molecule has 0 aliphatic carbocycles. The van der Waals surface area contributed by atoms with Crippen LogP contribution in [0.2, 0.25) is 0 Å². The summed E-state index contributed by atoms with van der Waals surface area (Å²) in [5.41, 5.74) is 2.67. The molecule has 0 spiro atoms. The van der Waals surface area contributed by atoms with Gasteiger partial charge in [0.25, 0.3) is 0 Å². The minimum absolute atomic E-state index is 0. The van der Waals surface area contributed by atoms with Crippen LogP contribution in [-0.2, 0) is 6.42 Å². The number of hydrogen-bond donors (Lipinski definition) is 4. The molecular formula is C19H32IN5. The molecule has 0 saturated carbocycles. The van der Waals surface area contributed by atoms with Gasteiger partial charge in [0.1, 0.15) is 0 Å². The number of guanidine groups is 1. The maximum atomic E-state index is 4.62. The molecule has 0 aliphatic heterocycles. The Bertz CT molecular complexity index is 657. The van der Waals surface area contributed by atoms with E-state index in [0.717, 1.165) is 38.6 Å². The fraction of sp³-hybridized carbons (Fsp3) is 0.526. The Hall–Kier alpha value is -1.28. The first-order valence-electron chi connectivity index (χ1n) is 8.82.